The predicted octanol–water partition coefficient (Wildman–Crippen LogP) is 3.90. The predicted molar refractivity (Wildman–Crippen MR) is 121 cm³/mol. The number of aliphatic imine (C=N–C) groups is 1. The van der Waals surface area contributed by atoms with E-state index in [1.165, 1.54) is 6.26 Å². The molecule has 0 radical (unpaired) electrons. The van der Waals surface area contributed by atoms with E-state index in [-0.39, 0.29) is 24.0 Å². The maximum Gasteiger partial charge on any atom is 0.191 e. The highest BCUT2D eigenvalue weighted by Gasteiger charge is 2.11. The van der Waals surface area contributed by atoms with Gasteiger partial charge in [-0.25, -0.2) is 13.4 Å². The Hall–Kier alpha value is -0.830. The molecule has 26 heavy (non-hydrogen) atoms. The molecule has 0 bridgehead atoms. The van der Waals surface area contributed by atoms with Crippen LogP contribution in [0.25, 0.3) is 0 Å². The molecule has 0 fully saturated rings. The molecule has 1 aromatic rings. The summed E-state index contributed by atoms with van der Waals surface area (Å²) in [7, 11) is -3.18. The van der Waals surface area contributed by atoms with E-state index in [9.17, 15) is 8.42 Å². The first-order chi connectivity index (χ1) is 11.5. The maximum absolute atomic E-state index is 11.7. The van der Waals surface area contributed by atoms with Crippen molar-refractivity contribution in [3.63, 3.8) is 0 Å². The molecule has 0 heterocycles. The fourth-order valence-electron chi connectivity index (χ4n) is 2.56. The van der Waals surface area contributed by atoms with Crippen molar-refractivity contribution in [3.8, 4) is 0 Å². The number of nitrogens with one attached hydrogen (secondary N) is 2. The van der Waals surface area contributed by atoms with E-state index in [0.29, 0.717) is 16.9 Å². The van der Waals surface area contributed by atoms with Gasteiger partial charge in [0.1, 0.15) is 0 Å². The highest BCUT2D eigenvalue weighted by Crippen LogP contribution is 2.20. The fraction of sp³-hybridized carbons (Fsp3) is 0.632. The number of halogens is 1. The number of rotatable bonds is 7. The molecule has 0 saturated heterocycles. The first kappa shape index (κ1) is 25.2. The smallest absolute Gasteiger partial charge is 0.191 e. The average molecular weight is 495 g/mol. The monoisotopic (exact) mass is 495 g/mol. The van der Waals surface area contributed by atoms with Crippen molar-refractivity contribution in [2.45, 2.75) is 58.9 Å². The molecule has 1 rings (SSSR count). The lowest BCUT2D eigenvalue weighted by atomic mass is 9.91. The molecular weight excluding hydrogens is 461 g/mol. The summed E-state index contributed by atoms with van der Waals surface area (Å²) in [5.74, 6) is 0.793. The zero-order valence-corrected chi connectivity index (χ0v) is 20.0. The van der Waals surface area contributed by atoms with Crippen LogP contribution in [0.5, 0.6) is 0 Å². The lowest BCUT2D eigenvalue weighted by Gasteiger charge is -2.18. The Morgan fingerprint density at radius 3 is 2.35 bits per heavy atom. The second kappa shape index (κ2) is 11.1. The van der Waals surface area contributed by atoms with Gasteiger partial charge in [-0.05, 0) is 49.3 Å². The summed E-state index contributed by atoms with van der Waals surface area (Å²) in [4.78, 5) is 4.98. The van der Waals surface area contributed by atoms with Crippen molar-refractivity contribution in [3.05, 3.63) is 29.3 Å². The zero-order chi connectivity index (χ0) is 19.1. The summed E-state index contributed by atoms with van der Waals surface area (Å²) in [6.07, 6.45) is 3.49. The Bertz CT molecular complexity index is 695. The van der Waals surface area contributed by atoms with Crippen LogP contribution in [-0.4, -0.2) is 33.7 Å². The molecule has 0 amide bonds. The van der Waals surface area contributed by atoms with E-state index in [1.54, 1.807) is 6.07 Å². The van der Waals surface area contributed by atoms with Crippen LogP contribution in [0.4, 0.5) is 0 Å². The van der Waals surface area contributed by atoms with Crippen molar-refractivity contribution in [2.24, 2.45) is 10.4 Å². The van der Waals surface area contributed by atoms with Gasteiger partial charge in [-0.1, -0.05) is 32.9 Å². The van der Waals surface area contributed by atoms with E-state index < -0.39 is 9.84 Å². The van der Waals surface area contributed by atoms with E-state index in [1.807, 2.05) is 26.0 Å². The van der Waals surface area contributed by atoms with Crippen LogP contribution in [0, 0.1) is 12.3 Å². The van der Waals surface area contributed by atoms with E-state index >= 15 is 0 Å². The van der Waals surface area contributed by atoms with Crippen LogP contribution < -0.4 is 10.6 Å². The highest BCUT2D eigenvalue weighted by molar-refractivity contribution is 14.0. The van der Waals surface area contributed by atoms with Crippen LogP contribution >= 0.6 is 24.0 Å². The lowest BCUT2D eigenvalue weighted by Crippen LogP contribution is -2.38. The Kier molecular flexibility index (Phi) is 10.8. The maximum atomic E-state index is 11.7. The number of nitrogens with zero attached hydrogens (tertiary/aromatic N) is 1. The quantitative estimate of drug-likeness (QED) is 0.261. The summed E-state index contributed by atoms with van der Waals surface area (Å²) in [6.45, 7) is 12.8. The molecule has 1 aromatic carbocycles. The van der Waals surface area contributed by atoms with Gasteiger partial charge in [-0.3, -0.25) is 0 Å². The number of guanidine groups is 1. The van der Waals surface area contributed by atoms with Crippen LogP contribution in [0.3, 0.4) is 0 Å². The van der Waals surface area contributed by atoms with Crippen LogP contribution in [0.2, 0.25) is 0 Å². The number of sulfone groups is 1. The minimum atomic E-state index is -3.18. The number of aryl methyl sites for hydroxylation is 1. The third-order valence-electron chi connectivity index (χ3n) is 3.80. The van der Waals surface area contributed by atoms with Gasteiger partial charge >= 0.3 is 0 Å². The molecular formula is C19H34IN3O2S. The second-order valence-electron chi connectivity index (χ2n) is 7.66. The summed E-state index contributed by atoms with van der Waals surface area (Å²) in [5.41, 5.74) is 2.10. The summed E-state index contributed by atoms with van der Waals surface area (Å²) >= 11 is 0. The van der Waals surface area contributed by atoms with Gasteiger partial charge < -0.3 is 10.6 Å². The van der Waals surface area contributed by atoms with Gasteiger partial charge in [0.2, 0.25) is 0 Å². The van der Waals surface area contributed by atoms with Crippen molar-refractivity contribution in [2.75, 3.05) is 19.3 Å². The molecule has 0 aliphatic carbocycles. The average Bonchev–Trinajstić information content (AvgIpc) is 2.46. The first-order valence-corrected chi connectivity index (χ1v) is 10.7. The zero-order valence-electron chi connectivity index (χ0n) is 16.8. The SMILES string of the molecule is CCNC(=NCc1ccc(S(C)(=O)=O)c(C)c1)NCCCC(C)(C)C.I. The second-order valence-corrected chi connectivity index (χ2v) is 9.64. The summed E-state index contributed by atoms with van der Waals surface area (Å²) < 4.78 is 23.4. The molecule has 0 aliphatic rings. The largest absolute Gasteiger partial charge is 0.357 e. The molecule has 0 unspecified atom stereocenters. The number of hydrogen-bond donors (Lipinski definition) is 2. The molecule has 0 saturated carbocycles. The third-order valence-corrected chi connectivity index (χ3v) is 5.06. The van der Waals surface area contributed by atoms with Crippen molar-refractivity contribution in [1.82, 2.24) is 10.6 Å². The van der Waals surface area contributed by atoms with E-state index in [0.717, 1.165) is 43.0 Å². The van der Waals surface area contributed by atoms with Crippen molar-refractivity contribution in [1.29, 1.82) is 0 Å². The number of hydrogen-bond acceptors (Lipinski definition) is 3. The van der Waals surface area contributed by atoms with E-state index in [2.05, 4.69) is 36.4 Å². The highest BCUT2D eigenvalue weighted by atomic mass is 127. The molecule has 7 heteroatoms. The molecule has 0 aromatic heterocycles. The fourth-order valence-corrected chi connectivity index (χ4v) is 3.52. The Morgan fingerprint density at radius 1 is 1.19 bits per heavy atom. The van der Waals surface area contributed by atoms with Crippen LogP contribution in [0.1, 0.15) is 51.7 Å². The summed E-state index contributed by atoms with van der Waals surface area (Å²) in [5, 5.41) is 6.60. The third kappa shape index (κ3) is 9.75. The first-order valence-electron chi connectivity index (χ1n) is 8.84. The molecule has 0 atom stereocenters. The molecule has 0 aliphatic heterocycles. The molecule has 5 nitrogen and oxygen atoms in total. The van der Waals surface area contributed by atoms with Gasteiger partial charge in [0, 0.05) is 19.3 Å². The van der Waals surface area contributed by atoms with E-state index in [4.69, 9.17) is 0 Å². The van der Waals surface area contributed by atoms with Crippen LogP contribution in [-0.2, 0) is 16.4 Å². The molecule has 0 spiro atoms. The topological polar surface area (TPSA) is 70.6 Å². The van der Waals surface area contributed by atoms with Crippen molar-refractivity contribution < 1.29 is 8.42 Å². The minimum Gasteiger partial charge on any atom is -0.357 e. The van der Waals surface area contributed by atoms with Crippen molar-refractivity contribution >= 4 is 39.8 Å². The lowest BCUT2D eigenvalue weighted by molar-refractivity contribution is 0.365. The molecule has 2 N–H and O–H groups in total. The summed E-state index contributed by atoms with van der Waals surface area (Å²) in [6, 6.07) is 5.39. The van der Waals surface area contributed by atoms with Gasteiger partial charge in [-0.15, -0.1) is 24.0 Å². The van der Waals surface area contributed by atoms with Gasteiger partial charge in [0.25, 0.3) is 0 Å². The van der Waals surface area contributed by atoms with Gasteiger partial charge in [0.15, 0.2) is 15.8 Å². The van der Waals surface area contributed by atoms with Crippen LogP contribution in [0.15, 0.2) is 28.1 Å². The number of benzene rings is 1. The standard InChI is InChI=1S/C19H33N3O2S.HI/c1-7-20-18(21-12-8-11-19(3,4)5)22-14-16-9-10-17(15(2)13-16)25(6,23)24;/h9-10,13H,7-8,11-12,14H2,1-6H3,(H2,20,21,22);1H. The Balaban J connectivity index is 0.00000625. The minimum absolute atomic E-state index is 0. The Labute approximate surface area is 176 Å². The normalized spacial score (nSPS) is 12.5. The van der Waals surface area contributed by atoms with Gasteiger partial charge in [-0.2, -0.15) is 0 Å². The molecule has 150 valence electrons. The van der Waals surface area contributed by atoms with Gasteiger partial charge in [0.05, 0.1) is 11.4 Å². The Morgan fingerprint density at radius 2 is 1.85 bits per heavy atom.